The van der Waals surface area contributed by atoms with Crippen molar-refractivity contribution >= 4 is 52.1 Å². The molecule has 69 heavy (non-hydrogen) atoms. The first-order valence-corrected chi connectivity index (χ1v) is 24.6. The normalized spacial score (nSPS) is 17.6. The van der Waals surface area contributed by atoms with Gasteiger partial charge in [0, 0.05) is 29.0 Å². The Labute approximate surface area is 410 Å². The molecular weight excluding hydrogens is 913 g/mol. The summed E-state index contributed by atoms with van der Waals surface area (Å²) < 4.78 is 12.9. The van der Waals surface area contributed by atoms with E-state index in [9.17, 15) is 24.3 Å². The van der Waals surface area contributed by atoms with Crippen LogP contribution < -0.4 is 10.6 Å². The molecule has 5 heterocycles. The number of ether oxygens (including phenoxy) is 2. The van der Waals surface area contributed by atoms with Gasteiger partial charge in [-0.1, -0.05) is 93.6 Å². The number of nitrogens with zero attached hydrogens (tertiary/aromatic N) is 6. The minimum absolute atomic E-state index is 0.0257. The molecule has 0 bridgehead atoms. The van der Waals surface area contributed by atoms with Crippen molar-refractivity contribution in [3.63, 3.8) is 0 Å². The number of rotatable bonds is 14. The van der Waals surface area contributed by atoms with Crippen molar-refractivity contribution in [1.29, 1.82) is 0 Å². The second-order valence-corrected chi connectivity index (χ2v) is 20.9. The topological polar surface area (TPSA) is 190 Å². The Bertz CT molecular complexity index is 2900. The van der Waals surface area contributed by atoms with Gasteiger partial charge in [-0.2, -0.15) is 0 Å². The number of amides is 3. The second-order valence-electron chi connectivity index (χ2n) is 18.8. The number of aryl methyl sites for hydroxylation is 3. The summed E-state index contributed by atoms with van der Waals surface area (Å²) >= 11 is 3.23. The number of benzene rings is 3. The third-order valence-electron chi connectivity index (χ3n) is 12.8. The van der Waals surface area contributed by atoms with Gasteiger partial charge in [0.1, 0.15) is 35.6 Å². The molecule has 3 aromatic carbocycles. The van der Waals surface area contributed by atoms with Crippen LogP contribution in [0.3, 0.4) is 0 Å². The third-order valence-corrected chi connectivity index (χ3v) is 15.0. The molecule has 5 atom stereocenters. The quantitative estimate of drug-likeness (QED) is 0.0913. The molecule has 1 unspecified atom stereocenters. The van der Waals surface area contributed by atoms with Gasteiger partial charge >= 0.3 is 5.97 Å². The van der Waals surface area contributed by atoms with Crippen molar-refractivity contribution in [2.24, 2.45) is 10.4 Å². The van der Waals surface area contributed by atoms with Crippen LogP contribution in [0.5, 0.6) is 0 Å². The Morgan fingerprint density at radius 3 is 2.17 bits per heavy atom. The largest absolute Gasteiger partial charge is 0.469 e. The fourth-order valence-corrected chi connectivity index (χ4v) is 10.9. The molecule has 0 spiro atoms. The molecule has 3 N–H and O–H groups in total. The van der Waals surface area contributed by atoms with Crippen molar-refractivity contribution < 1.29 is 33.8 Å². The first kappa shape index (κ1) is 49.0. The molecule has 2 aliphatic rings. The average molecular weight is 971 g/mol. The second kappa shape index (κ2) is 20.3. The number of hydrogen-bond acceptors (Lipinski definition) is 13. The number of carbonyl (C=O) groups excluding carboxylic acids is 4. The molecule has 17 heteroatoms. The molecule has 3 aromatic heterocycles. The summed E-state index contributed by atoms with van der Waals surface area (Å²) in [5, 5.41) is 26.4. The van der Waals surface area contributed by atoms with Gasteiger partial charge in [0.15, 0.2) is 5.82 Å². The molecule has 0 aliphatic carbocycles. The molecule has 3 amide bonds. The fraction of sp³-hybridized carbons (Fsp3) is 0.385. The highest BCUT2D eigenvalue weighted by Gasteiger charge is 2.45. The van der Waals surface area contributed by atoms with Crippen LogP contribution in [0.1, 0.15) is 103 Å². The third kappa shape index (κ3) is 10.5. The molecule has 360 valence electrons. The zero-order valence-corrected chi connectivity index (χ0v) is 42.0. The summed E-state index contributed by atoms with van der Waals surface area (Å²) in [6.07, 6.45) is -0.774. The van der Waals surface area contributed by atoms with Gasteiger partial charge in [0.2, 0.25) is 17.7 Å². The van der Waals surface area contributed by atoms with Crippen LogP contribution in [-0.4, -0.2) is 97.6 Å². The Morgan fingerprint density at radius 2 is 1.54 bits per heavy atom. The van der Waals surface area contributed by atoms with Crippen molar-refractivity contribution in [2.45, 2.75) is 105 Å². The zero-order valence-electron chi connectivity index (χ0n) is 40.3. The number of β-amino-alcohol motifs (C(OH)–C–C–N with tert-alkyl or cyclic N) is 1. The van der Waals surface area contributed by atoms with E-state index in [1.54, 1.807) is 22.7 Å². The Kier molecular flexibility index (Phi) is 14.4. The molecule has 0 saturated carbocycles. The van der Waals surface area contributed by atoms with Gasteiger partial charge < -0.3 is 30.1 Å². The Balaban J connectivity index is 0.878. The van der Waals surface area contributed by atoms with Crippen LogP contribution in [0.25, 0.3) is 26.6 Å². The van der Waals surface area contributed by atoms with E-state index >= 15 is 0 Å². The molecule has 0 radical (unpaired) electrons. The van der Waals surface area contributed by atoms with Crippen LogP contribution in [0.2, 0.25) is 0 Å². The van der Waals surface area contributed by atoms with Crippen molar-refractivity contribution in [3.05, 3.63) is 128 Å². The van der Waals surface area contributed by atoms with Crippen LogP contribution in [-0.2, 0) is 35.3 Å². The molecule has 1 saturated heterocycles. The van der Waals surface area contributed by atoms with E-state index in [1.807, 2.05) is 124 Å². The van der Waals surface area contributed by atoms with Gasteiger partial charge in [0.25, 0.3) is 0 Å². The van der Waals surface area contributed by atoms with Crippen LogP contribution >= 0.6 is 22.7 Å². The smallest absolute Gasteiger partial charge is 0.308 e. The number of thiophene rings is 1. The summed E-state index contributed by atoms with van der Waals surface area (Å²) in [7, 11) is 1.37. The number of hydrogen-bond donors (Lipinski definition) is 3. The molecular formula is C52H58N8O7S2. The average Bonchev–Trinajstić information content (AvgIpc) is 4.10. The highest BCUT2D eigenvalue weighted by Crippen LogP contribution is 2.40. The Morgan fingerprint density at radius 1 is 0.884 bits per heavy atom. The van der Waals surface area contributed by atoms with Crippen LogP contribution in [0, 0.1) is 33.1 Å². The van der Waals surface area contributed by atoms with E-state index < -0.39 is 41.5 Å². The number of aromatic nitrogens is 4. The number of methoxy groups -OCH3 is 1. The molecule has 8 rings (SSSR count). The van der Waals surface area contributed by atoms with Crippen molar-refractivity contribution in [2.75, 3.05) is 20.3 Å². The number of aliphatic imine (C=N–C) groups is 1. The predicted octanol–water partition coefficient (Wildman–Crippen LogP) is 7.69. The maximum Gasteiger partial charge on any atom is 0.308 e. The molecule has 1 fully saturated rings. The lowest BCUT2D eigenvalue weighted by Gasteiger charge is -2.35. The molecule has 6 aromatic rings. The number of esters is 1. The van der Waals surface area contributed by atoms with Gasteiger partial charge in [0.05, 0.1) is 54.1 Å². The first-order chi connectivity index (χ1) is 32.9. The first-order valence-electron chi connectivity index (χ1n) is 22.9. The van der Waals surface area contributed by atoms with E-state index in [2.05, 4.69) is 39.7 Å². The maximum atomic E-state index is 14.2. The van der Waals surface area contributed by atoms with E-state index in [4.69, 9.17) is 14.5 Å². The van der Waals surface area contributed by atoms with Crippen molar-refractivity contribution in [1.82, 2.24) is 35.3 Å². The number of aliphatic hydroxyl groups is 1. The summed E-state index contributed by atoms with van der Waals surface area (Å²) in [5.74, 6) is -0.356. The zero-order chi connectivity index (χ0) is 49.3. The van der Waals surface area contributed by atoms with E-state index in [0.717, 1.165) is 76.5 Å². The molecule has 15 nitrogen and oxygen atoms in total. The Hall–Kier alpha value is -6.40. The standard InChI is InChI=1S/C52H58N8O7S2/c1-28-31(4)69-51-44(28)45(55-40(23-43(63)66-9)48-58-57-32(5)60(48)51)37-18-16-36(17-19-37)35-12-10-33(11-13-35)25-67-26-42(62)56-47(52(6,7)8)50(65)59-24-39(61)22-41(59)49(64)54-29(2)34-14-20-38(21-15-34)46-30(3)53-27-68-46/h10-21,27,29,39-41,47,61H,22-26H2,1-9H3,(H,54,64)(H,56,62)/t29-,39+,40-,41-,47?/m0/s1. The van der Waals surface area contributed by atoms with Gasteiger partial charge in [-0.3, -0.25) is 28.7 Å². The van der Waals surface area contributed by atoms with Crippen molar-refractivity contribution in [3.8, 4) is 26.6 Å². The number of nitrogens with one attached hydrogen (secondary N) is 2. The number of carbonyl (C=O) groups is 4. The van der Waals surface area contributed by atoms with E-state index in [0.29, 0.717) is 5.82 Å². The lowest BCUT2D eigenvalue weighted by molar-refractivity contribution is -0.144. The monoisotopic (exact) mass is 970 g/mol. The summed E-state index contributed by atoms with van der Waals surface area (Å²) in [5.41, 5.74) is 10.6. The van der Waals surface area contributed by atoms with Gasteiger partial charge in [-0.15, -0.1) is 32.9 Å². The number of aliphatic hydroxyl groups excluding tert-OH is 1. The van der Waals surface area contributed by atoms with Gasteiger partial charge in [-0.25, -0.2) is 4.98 Å². The van der Waals surface area contributed by atoms with E-state index in [-0.39, 0.29) is 50.5 Å². The maximum absolute atomic E-state index is 14.2. The summed E-state index contributed by atoms with van der Waals surface area (Å²) in [6, 6.07) is 21.2. The summed E-state index contributed by atoms with van der Waals surface area (Å²) in [4.78, 5) is 67.0. The summed E-state index contributed by atoms with van der Waals surface area (Å²) in [6.45, 7) is 15.3. The molecule has 2 aliphatic heterocycles. The number of fused-ring (bicyclic) bond motifs is 3. The van der Waals surface area contributed by atoms with E-state index in [1.165, 1.54) is 12.0 Å². The predicted molar refractivity (Wildman–Crippen MR) is 266 cm³/mol. The number of likely N-dealkylation sites (tertiary alicyclic amines) is 1. The fourth-order valence-electron chi connectivity index (χ4n) is 8.86. The van der Waals surface area contributed by atoms with Crippen LogP contribution in [0.15, 0.2) is 83.3 Å². The lowest BCUT2D eigenvalue weighted by atomic mass is 9.85. The minimum atomic E-state index is -0.984. The minimum Gasteiger partial charge on any atom is -0.469 e. The van der Waals surface area contributed by atoms with Gasteiger partial charge in [-0.05, 0) is 73.4 Å². The van der Waals surface area contributed by atoms with Crippen LogP contribution in [0.4, 0.5) is 0 Å². The highest BCUT2D eigenvalue weighted by molar-refractivity contribution is 7.15. The number of thiazole rings is 1. The highest BCUT2D eigenvalue weighted by atomic mass is 32.1. The lowest BCUT2D eigenvalue weighted by Crippen LogP contribution is -2.58. The SMILES string of the molecule is COC(=O)C[C@@H]1N=C(c2ccc(-c3ccc(COCC(=O)NC(C(=O)N4C[C@H](O)C[C@H]4C(=O)N[C@@H](C)c4ccc(-c5scnc5C)cc4)C(C)(C)C)cc3)cc2)c2c(sc(C)c2C)-n2c(C)nnc21.